The second kappa shape index (κ2) is 4.80. The number of halogens is 1. The highest BCUT2D eigenvalue weighted by Gasteiger charge is 2.13. The lowest BCUT2D eigenvalue weighted by molar-refractivity contribution is 0.0693. The lowest BCUT2D eigenvalue weighted by Gasteiger charge is -2.05. The number of aromatic carboxylic acids is 1. The largest absolute Gasteiger partial charge is 0.477 e. The van der Waals surface area contributed by atoms with Crippen LogP contribution in [-0.2, 0) is 0 Å². The molecule has 0 spiro atoms. The summed E-state index contributed by atoms with van der Waals surface area (Å²) < 4.78 is 5.31. The molecule has 0 radical (unpaired) electrons. The first-order chi connectivity index (χ1) is 8.16. The molecule has 0 saturated carbocycles. The average molecular weight is 251 g/mol. The molecule has 0 aliphatic rings. The molecule has 0 atom stereocenters. The van der Waals surface area contributed by atoms with Crippen LogP contribution in [0, 0.1) is 0 Å². The van der Waals surface area contributed by atoms with Gasteiger partial charge in [0.25, 0.3) is 5.88 Å². The Kier molecular flexibility index (Phi) is 3.20. The Hall–Kier alpha value is -2.14. The number of carbonyl (C=O) groups is 1. The van der Waals surface area contributed by atoms with Gasteiger partial charge < -0.3 is 9.84 Å². The van der Waals surface area contributed by atoms with Crippen molar-refractivity contribution in [1.82, 2.24) is 10.2 Å². The van der Waals surface area contributed by atoms with Crippen LogP contribution in [-0.4, -0.2) is 21.3 Å². The van der Waals surface area contributed by atoms with E-state index < -0.39 is 5.97 Å². The lowest BCUT2D eigenvalue weighted by Crippen LogP contribution is -2.02. The van der Waals surface area contributed by atoms with E-state index in [1.807, 2.05) is 0 Å². The van der Waals surface area contributed by atoms with Crippen LogP contribution in [0.25, 0.3) is 0 Å². The smallest absolute Gasteiger partial charge is 0.341 e. The predicted octanol–water partition coefficient (Wildman–Crippen LogP) is 2.62. The van der Waals surface area contributed by atoms with Gasteiger partial charge in [-0.1, -0.05) is 11.6 Å². The third-order valence-electron chi connectivity index (χ3n) is 1.95. The zero-order chi connectivity index (χ0) is 12.3. The van der Waals surface area contributed by atoms with E-state index in [4.69, 9.17) is 21.4 Å². The summed E-state index contributed by atoms with van der Waals surface area (Å²) in [4.78, 5) is 10.9. The quantitative estimate of drug-likeness (QED) is 0.907. The fourth-order valence-electron chi connectivity index (χ4n) is 1.17. The third kappa shape index (κ3) is 2.70. The fraction of sp³-hybridized carbons (Fsp3) is 0. The van der Waals surface area contributed by atoms with Crippen molar-refractivity contribution in [2.75, 3.05) is 0 Å². The molecule has 0 fully saturated rings. The first kappa shape index (κ1) is 11.3. The van der Waals surface area contributed by atoms with Gasteiger partial charge in [0.1, 0.15) is 11.3 Å². The molecule has 17 heavy (non-hydrogen) atoms. The normalized spacial score (nSPS) is 9.94. The number of hydrogen-bond acceptors (Lipinski definition) is 4. The Morgan fingerprint density at radius 3 is 2.59 bits per heavy atom. The van der Waals surface area contributed by atoms with Crippen LogP contribution < -0.4 is 4.74 Å². The number of carboxylic acids is 1. The third-order valence-corrected chi connectivity index (χ3v) is 2.20. The molecule has 1 aromatic heterocycles. The van der Waals surface area contributed by atoms with Gasteiger partial charge in [-0.15, -0.1) is 5.10 Å². The van der Waals surface area contributed by atoms with E-state index in [0.717, 1.165) is 0 Å². The molecular formula is C11H7ClN2O3. The van der Waals surface area contributed by atoms with Crippen LogP contribution in [0.5, 0.6) is 11.6 Å². The summed E-state index contributed by atoms with van der Waals surface area (Å²) in [7, 11) is 0. The van der Waals surface area contributed by atoms with Crippen molar-refractivity contribution in [2.24, 2.45) is 0 Å². The molecule has 0 aliphatic heterocycles. The Balaban J connectivity index is 2.30. The lowest BCUT2D eigenvalue weighted by atomic mass is 10.3. The van der Waals surface area contributed by atoms with Crippen molar-refractivity contribution >= 4 is 17.6 Å². The average Bonchev–Trinajstić information content (AvgIpc) is 2.32. The molecule has 1 aromatic carbocycles. The molecule has 0 saturated heterocycles. The van der Waals surface area contributed by atoms with Crippen LogP contribution in [0.3, 0.4) is 0 Å². The molecular weight excluding hydrogens is 244 g/mol. The molecule has 1 heterocycles. The highest BCUT2D eigenvalue weighted by molar-refractivity contribution is 6.30. The minimum Gasteiger partial charge on any atom is -0.477 e. The van der Waals surface area contributed by atoms with Crippen molar-refractivity contribution in [3.05, 3.63) is 47.1 Å². The van der Waals surface area contributed by atoms with Crippen molar-refractivity contribution in [1.29, 1.82) is 0 Å². The molecule has 86 valence electrons. The second-order valence-electron chi connectivity index (χ2n) is 3.11. The van der Waals surface area contributed by atoms with E-state index in [0.29, 0.717) is 10.8 Å². The van der Waals surface area contributed by atoms with Crippen LogP contribution in [0.1, 0.15) is 10.4 Å². The van der Waals surface area contributed by atoms with E-state index in [1.54, 1.807) is 24.3 Å². The van der Waals surface area contributed by atoms with Crippen molar-refractivity contribution in [3.63, 3.8) is 0 Å². The van der Waals surface area contributed by atoms with Crippen molar-refractivity contribution in [3.8, 4) is 11.6 Å². The Bertz CT molecular complexity index is 543. The number of ether oxygens (including phenoxy) is 1. The highest BCUT2D eigenvalue weighted by atomic mass is 35.5. The van der Waals surface area contributed by atoms with Gasteiger partial charge in [0.05, 0.1) is 6.20 Å². The molecule has 0 aliphatic carbocycles. The fourth-order valence-corrected chi connectivity index (χ4v) is 1.30. The molecule has 6 heteroatoms. The van der Waals surface area contributed by atoms with Gasteiger partial charge in [-0.2, -0.15) is 5.10 Å². The zero-order valence-electron chi connectivity index (χ0n) is 8.50. The SMILES string of the molecule is O=C(O)c1ccnnc1Oc1ccc(Cl)cc1. The Morgan fingerprint density at radius 1 is 1.24 bits per heavy atom. The van der Waals surface area contributed by atoms with E-state index in [-0.39, 0.29) is 11.4 Å². The number of aromatic nitrogens is 2. The summed E-state index contributed by atoms with van der Waals surface area (Å²) in [5, 5.41) is 16.7. The van der Waals surface area contributed by atoms with E-state index in [9.17, 15) is 4.79 Å². The van der Waals surface area contributed by atoms with Crippen LogP contribution in [0.4, 0.5) is 0 Å². The van der Waals surface area contributed by atoms with Gasteiger partial charge >= 0.3 is 5.97 Å². The Labute approximate surface area is 102 Å². The summed E-state index contributed by atoms with van der Waals surface area (Å²) in [6.45, 7) is 0. The Morgan fingerprint density at radius 2 is 1.94 bits per heavy atom. The summed E-state index contributed by atoms with van der Waals surface area (Å²) >= 11 is 5.72. The maximum atomic E-state index is 10.9. The number of nitrogens with zero attached hydrogens (tertiary/aromatic N) is 2. The van der Waals surface area contributed by atoms with E-state index in [1.165, 1.54) is 12.3 Å². The minimum absolute atomic E-state index is 0.0463. The highest BCUT2D eigenvalue weighted by Crippen LogP contribution is 2.23. The molecule has 0 bridgehead atoms. The molecule has 2 rings (SSSR count). The minimum atomic E-state index is -1.12. The standard InChI is InChI=1S/C11H7ClN2O3/c12-7-1-3-8(4-2-7)17-10-9(11(15)16)5-6-13-14-10/h1-6H,(H,15,16). The first-order valence-corrected chi connectivity index (χ1v) is 5.03. The summed E-state index contributed by atoms with van der Waals surface area (Å²) in [6.07, 6.45) is 1.29. The topological polar surface area (TPSA) is 72.3 Å². The van der Waals surface area contributed by atoms with Gasteiger partial charge in [0.2, 0.25) is 0 Å². The summed E-state index contributed by atoms with van der Waals surface area (Å²) in [6, 6.07) is 7.81. The monoisotopic (exact) mass is 250 g/mol. The van der Waals surface area contributed by atoms with Gasteiger partial charge in [-0.05, 0) is 30.3 Å². The first-order valence-electron chi connectivity index (χ1n) is 4.65. The maximum Gasteiger partial charge on any atom is 0.341 e. The molecule has 1 N–H and O–H groups in total. The van der Waals surface area contributed by atoms with Gasteiger partial charge in [0.15, 0.2) is 0 Å². The number of benzene rings is 1. The predicted molar refractivity (Wildman–Crippen MR) is 60.5 cm³/mol. The summed E-state index contributed by atoms with van der Waals surface area (Å²) in [5.74, 6) is -0.733. The molecule has 2 aromatic rings. The second-order valence-corrected chi connectivity index (χ2v) is 3.55. The van der Waals surface area contributed by atoms with E-state index in [2.05, 4.69) is 10.2 Å². The number of rotatable bonds is 3. The van der Waals surface area contributed by atoms with Gasteiger partial charge in [0, 0.05) is 5.02 Å². The maximum absolute atomic E-state index is 10.9. The van der Waals surface area contributed by atoms with Crippen LogP contribution in [0.15, 0.2) is 36.5 Å². The zero-order valence-corrected chi connectivity index (χ0v) is 9.26. The number of hydrogen-bond donors (Lipinski definition) is 1. The summed E-state index contributed by atoms with van der Waals surface area (Å²) in [5.41, 5.74) is -0.0463. The van der Waals surface area contributed by atoms with Crippen molar-refractivity contribution < 1.29 is 14.6 Å². The van der Waals surface area contributed by atoms with E-state index >= 15 is 0 Å². The molecule has 0 amide bonds. The molecule has 0 unspecified atom stereocenters. The molecule has 5 nitrogen and oxygen atoms in total. The van der Waals surface area contributed by atoms with Crippen molar-refractivity contribution in [2.45, 2.75) is 0 Å². The van der Waals surface area contributed by atoms with Gasteiger partial charge in [-0.25, -0.2) is 4.79 Å². The van der Waals surface area contributed by atoms with Crippen LogP contribution >= 0.6 is 11.6 Å². The van der Waals surface area contributed by atoms with Gasteiger partial charge in [-0.3, -0.25) is 0 Å². The number of carboxylic acid groups (broad SMARTS) is 1. The van der Waals surface area contributed by atoms with Crippen LogP contribution in [0.2, 0.25) is 5.02 Å².